The smallest absolute Gasteiger partial charge is 0.326 e. The number of amides is 4. The van der Waals surface area contributed by atoms with E-state index in [1.165, 1.54) is 6.92 Å². The molecule has 0 aliphatic rings. The number of fused-ring (bicyclic) bond motifs is 1. The highest BCUT2D eigenvalue weighted by Gasteiger charge is 2.31. The molecule has 37 heavy (non-hydrogen) atoms. The average Bonchev–Trinajstić information content (AvgIpc) is 3.24. The molecule has 11 N–H and O–H groups in total. The number of para-hydroxylation sites is 1. The fraction of sp³-hybridized carbons (Fsp3) is 0.458. The van der Waals surface area contributed by atoms with E-state index >= 15 is 0 Å². The van der Waals surface area contributed by atoms with E-state index in [0.29, 0.717) is 24.9 Å². The Morgan fingerprint density at radius 3 is 2.19 bits per heavy atom. The Hall–Kier alpha value is -3.97. The lowest BCUT2D eigenvalue weighted by molar-refractivity contribution is -0.143. The van der Waals surface area contributed by atoms with Crippen LogP contribution in [0.1, 0.15) is 38.2 Å². The quantitative estimate of drug-likeness (QED) is 0.130. The number of aromatic amines is 1. The van der Waals surface area contributed by atoms with Gasteiger partial charge in [0.2, 0.25) is 23.6 Å². The zero-order chi connectivity index (χ0) is 27.5. The van der Waals surface area contributed by atoms with Gasteiger partial charge in [-0.15, -0.1) is 0 Å². The van der Waals surface area contributed by atoms with Crippen LogP contribution in [-0.4, -0.2) is 70.4 Å². The molecule has 0 spiro atoms. The molecule has 0 saturated heterocycles. The molecule has 2 rings (SSSR count). The van der Waals surface area contributed by atoms with Crippen molar-refractivity contribution in [1.29, 1.82) is 0 Å². The number of hydrogen-bond donors (Lipinski definition) is 8. The first-order valence-corrected chi connectivity index (χ1v) is 12.0. The van der Waals surface area contributed by atoms with Gasteiger partial charge in [0.25, 0.3) is 0 Å². The molecule has 1 aromatic heterocycles. The molecule has 0 aliphatic heterocycles. The summed E-state index contributed by atoms with van der Waals surface area (Å²) in [5.41, 5.74) is 17.8. The number of primary amides is 1. The van der Waals surface area contributed by atoms with Crippen LogP contribution in [-0.2, 0) is 30.4 Å². The van der Waals surface area contributed by atoms with Gasteiger partial charge < -0.3 is 43.2 Å². The first-order chi connectivity index (χ1) is 17.5. The van der Waals surface area contributed by atoms with Crippen molar-refractivity contribution < 1.29 is 29.1 Å². The van der Waals surface area contributed by atoms with E-state index in [9.17, 15) is 29.1 Å². The van der Waals surface area contributed by atoms with E-state index in [0.717, 1.165) is 10.9 Å². The van der Waals surface area contributed by atoms with Crippen LogP contribution >= 0.6 is 0 Å². The summed E-state index contributed by atoms with van der Waals surface area (Å²) in [7, 11) is 0. The van der Waals surface area contributed by atoms with Gasteiger partial charge in [-0.25, -0.2) is 4.79 Å². The minimum absolute atomic E-state index is 0.00125. The van der Waals surface area contributed by atoms with E-state index in [4.69, 9.17) is 17.2 Å². The Labute approximate surface area is 213 Å². The van der Waals surface area contributed by atoms with Crippen molar-refractivity contribution in [2.45, 2.75) is 63.2 Å². The Balaban J connectivity index is 2.32. The Bertz CT molecular complexity index is 1120. The predicted molar refractivity (Wildman–Crippen MR) is 136 cm³/mol. The largest absolute Gasteiger partial charge is 0.480 e. The van der Waals surface area contributed by atoms with Gasteiger partial charge in [-0.1, -0.05) is 18.2 Å². The van der Waals surface area contributed by atoms with Crippen LogP contribution in [0.4, 0.5) is 0 Å². The summed E-state index contributed by atoms with van der Waals surface area (Å²) >= 11 is 0. The monoisotopic (exact) mass is 517 g/mol. The van der Waals surface area contributed by atoms with E-state index in [-0.39, 0.29) is 12.8 Å². The van der Waals surface area contributed by atoms with Gasteiger partial charge in [0, 0.05) is 23.5 Å². The second-order valence-electron chi connectivity index (χ2n) is 8.83. The van der Waals surface area contributed by atoms with Gasteiger partial charge in [0.05, 0.1) is 12.5 Å². The predicted octanol–water partition coefficient (Wildman–Crippen LogP) is -1.40. The van der Waals surface area contributed by atoms with E-state index in [2.05, 4.69) is 20.9 Å². The summed E-state index contributed by atoms with van der Waals surface area (Å²) in [5, 5.41) is 17.7. The summed E-state index contributed by atoms with van der Waals surface area (Å²) in [5.74, 6) is -4.38. The summed E-state index contributed by atoms with van der Waals surface area (Å²) < 4.78 is 0. The lowest BCUT2D eigenvalue weighted by atomic mass is 10.0. The number of aromatic nitrogens is 1. The first-order valence-electron chi connectivity index (χ1n) is 12.0. The number of carbonyl (C=O) groups excluding carboxylic acids is 4. The van der Waals surface area contributed by atoms with Crippen LogP contribution in [0, 0.1) is 0 Å². The summed E-state index contributed by atoms with van der Waals surface area (Å²) in [6.45, 7) is 1.87. The maximum atomic E-state index is 13.2. The number of H-pyrrole nitrogens is 1. The zero-order valence-electron chi connectivity index (χ0n) is 20.7. The van der Waals surface area contributed by atoms with Gasteiger partial charge in [-0.3, -0.25) is 19.2 Å². The molecule has 0 radical (unpaired) electrons. The fourth-order valence-corrected chi connectivity index (χ4v) is 3.74. The first kappa shape index (κ1) is 29.3. The molecule has 1 aromatic carbocycles. The molecule has 4 atom stereocenters. The number of benzene rings is 1. The standard InChI is InChI=1S/C24H35N7O6/c1-13(26)21(33)29-17(8-4-5-9-25)22(34)30-18(23(35)31-19(24(36)37)11-20(27)32)10-14-12-28-16-7-3-2-6-15(14)16/h2-3,6-7,12-13,17-19,28H,4-5,8-11,25-26H2,1H3,(H2,27,32)(H,29,33)(H,30,34)(H,31,35)(H,36,37). The van der Waals surface area contributed by atoms with Crippen molar-refractivity contribution in [2.75, 3.05) is 6.54 Å². The maximum Gasteiger partial charge on any atom is 0.326 e. The van der Waals surface area contributed by atoms with E-state index < -0.39 is 60.2 Å². The molecule has 13 heteroatoms. The number of aliphatic carboxylic acids is 1. The molecule has 4 amide bonds. The van der Waals surface area contributed by atoms with Crippen LogP contribution < -0.4 is 33.2 Å². The van der Waals surface area contributed by atoms with Gasteiger partial charge in [0.1, 0.15) is 18.1 Å². The normalized spacial score (nSPS) is 14.2. The molecule has 2 aromatic rings. The number of nitrogens with one attached hydrogen (secondary N) is 4. The minimum Gasteiger partial charge on any atom is -0.480 e. The summed E-state index contributed by atoms with van der Waals surface area (Å²) in [6.07, 6.45) is 2.47. The molecule has 0 aliphatic carbocycles. The number of unbranched alkanes of at least 4 members (excludes halogenated alkanes) is 1. The molecule has 0 fully saturated rings. The Morgan fingerprint density at radius 2 is 1.57 bits per heavy atom. The minimum atomic E-state index is -1.58. The highest BCUT2D eigenvalue weighted by atomic mass is 16.4. The fourth-order valence-electron chi connectivity index (χ4n) is 3.74. The number of hydrogen-bond acceptors (Lipinski definition) is 7. The van der Waals surface area contributed by atoms with Crippen molar-refractivity contribution in [1.82, 2.24) is 20.9 Å². The number of nitrogens with two attached hydrogens (primary N) is 3. The second kappa shape index (κ2) is 13.9. The molecule has 0 bridgehead atoms. The van der Waals surface area contributed by atoms with E-state index in [1.54, 1.807) is 6.20 Å². The highest BCUT2D eigenvalue weighted by molar-refractivity contribution is 5.95. The van der Waals surface area contributed by atoms with Crippen LogP contribution in [0.2, 0.25) is 0 Å². The summed E-state index contributed by atoms with van der Waals surface area (Å²) in [4.78, 5) is 64.5. The third-order valence-corrected chi connectivity index (χ3v) is 5.75. The van der Waals surface area contributed by atoms with Crippen LogP contribution in [0.5, 0.6) is 0 Å². The SMILES string of the molecule is CC(N)C(=O)NC(CCCCN)C(=O)NC(Cc1c[nH]c2ccccc12)C(=O)NC(CC(N)=O)C(=O)O. The second-order valence-corrected chi connectivity index (χ2v) is 8.83. The van der Waals surface area contributed by atoms with Crippen LogP contribution in [0.3, 0.4) is 0 Å². The van der Waals surface area contributed by atoms with Crippen molar-refractivity contribution in [3.8, 4) is 0 Å². The molecule has 1 heterocycles. The molecule has 0 saturated carbocycles. The number of carboxylic acids is 1. The van der Waals surface area contributed by atoms with Crippen LogP contribution in [0.15, 0.2) is 30.5 Å². The average molecular weight is 518 g/mol. The Morgan fingerprint density at radius 1 is 0.946 bits per heavy atom. The molecule has 13 nitrogen and oxygen atoms in total. The maximum absolute atomic E-state index is 13.2. The molecular formula is C24H35N7O6. The highest BCUT2D eigenvalue weighted by Crippen LogP contribution is 2.19. The van der Waals surface area contributed by atoms with Gasteiger partial charge in [-0.05, 0) is 44.4 Å². The van der Waals surface area contributed by atoms with Crippen molar-refractivity contribution in [3.05, 3.63) is 36.0 Å². The molecule has 202 valence electrons. The summed E-state index contributed by atoms with van der Waals surface area (Å²) in [6, 6.07) is 2.67. The van der Waals surface area contributed by atoms with Crippen molar-refractivity contribution >= 4 is 40.5 Å². The van der Waals surface area contributed by atoms with E-state index in [1.807, 2.05) is 24.3 Å². The van der Waals surface area contributed by atoms with Crippen LogP contribution in [0.25, 0.3) is 10.9 Å². The zero-order valence-corrected chi connectivity index (χ0v) is 20.7. The number of carboxylic acid groups (broad SMARTS) is 1. The topological polar surface area (TPSA) is 236 Å². The van der Waals surface area contributed by atoms with Crippen molar-refractivity contribution in [2.24, 2.45) is 17.2 Å². The number of rotatable bonds is 15. The van der Waals surface area contributed by atoms with Gasteiger partial charge in [0.15, 0.2) is 0 Å². The molecular weight excluding hydrogens is 482 g/mol. The molecule has 4 unspecified atom stereocenters. The lowest BCUT2D eigenvalue weighted by Gasteiger charge is -2.25. The Kier molecular flexibility index (Phi) is 11.0. The third-order valence-electron chi connectivity index (χ3n) is 5.75. The third kappa shape index (κ3) is 8.88. The van der Waals surface area contributed by atoms with Gasteiger partial charge >= 0.3 is 5.97 Å². The van der Waals surface area contributed by atoms with Crippen molar-refractivity contribution in [3.63, 3.8) is 0 Å². The van der Waals surface area contributed by atoms with Gasteiger partial charge in [-0.2, -0.15) is 0 Å². The number of carbonyl (C=O) groups is 5. The lowest BCUT2D eigenvalue weighted by Crippen LogP contribution is -2.57.